The van der Waals surface area contributed by atoms with Gasteiger partial charge in [-0.2, -0.15) is 0 Å². The molecule has 0 bridgehead atoms. The van der Waals surface area contributed by atoms with E-state index in [2.05, 4.69) is 35.2 Å². The van der Waals surface area contributed by atoms with Crippen molar-refractivity contribution in [2.75, 3.05) is 17.2 Å². The number of anilines is 2. The Morgan fingerprint density at radius 3 is 2.86 bits per heavy atom. The van der Waals surface area contributed by atoms with Crippen LogP contribution in [0.2, 0.25) is 0 Å². The minimum atomic E-state index is 0.812. The number of benzene rings is 2. The van der Waals surface area contributed by atoms with Gasteiger partial charge in [0, 0.05) is 11.9 Å². The van der Waals surface area contributed by atoms with Crippen LogP contribution in [0.15, 0.2) is 54.6 Å². The summed E-state index contributed by atoms with van der Waals surface area (Å²) < 4.78 is 0. The van der Waals surface area contributed by atoms with Gasteiger partial charge in [0.25, 0.3) is 0 Å². The molecule has 104 valence electrons. The molecule has 3 nitrogen and oxygen atoms in total. The number of hydrogen-bond donors (Lipinski definition) is 1. The molecule has 0 atom stereocenters. The van der Waals surface area contributed by atoms with Crippen LogP contribution in [0.4, 0.5) is 11.4 Å². The molecule has 3 aromatic rings. The van der Waals surface area contributed by atoms with Gasteiger partial charge in [-0.05, 0) is 30.2 Å². The Morgan fingerprint density at radius 2 is 1.90 bits per heavy atom. The molecule has 21 heavy (non-hydrogen) atoms. The topological polar surface area (TPSA) is 42.1 Å². The molecule has 0 spiro atoms. The summed E-state index contributed by atoms with van der Waals surface area (Å²) in [5.41, 5.74) is 11.7. The number of rotatable bonds is 2. The number of nitrogens with zero attached hydrogens (tertiary/aromatic N) is 2. The van der Waals surface area contributed by atoms with E-state index in [1.165, 1.54) is 16.6 Å². The van der Waals surface area contributed by atoms with Crippen molar-refractivity contribution in [1.82, 2.24) is 4.98 Å². The van der Waals surface area contributed by atoms with E-state index in [9.17, 15) is 0 Å². The summed E-state index contributed by atoms with van der Waals surface area (Å²) in [7, 11) is 0. The average molecular weight is 275 g/mol. The Labute approximate surface area is 124 Å². The van der Waals surface area contributed by atoms with Gasteiger partial charge < -0.3 is 10.6 Å². The molecule has 0 aliphatic carbocycles. The van der Waals surface area contributed by atoms with Crippen LogP contribution < -0.4 is 10.6 Å². The van der Waals surface area contributed by atoms with E-state index in [4.69, 9.17) is 10.7 Å². The lowest BCUT2D eigenvalue weighted by Gasteiger charge is -2.20. The smallest absolute Gasteiger partial charge is 0.0706 e. The van der Waals surface area contributed by atoms with Gasteiger partial charge in [-0.3, -0.25) is 4.98 Å². The lowest BCUT2D eigenvalue weighted by molar-refractivity contribution is 0.819. The summed E-state index contributed by atoms with van der Waals surface area (Å²) >= 11 is 0. The normalized spacial score (nSPS) is 13.6. The van der Waals surface area contributed by atoms with Gasteiger partial charge >= 0.3 is 0 Å². The van der Waals surface area contributed by atoms with Crippen molar-refractivity contribution in [2.45, 2.75) is 13.0 Å². The van der Waals surface area contributed by atoms with E-state index in [-0.39, 0.29) is 0 Å². The number of nitrogens with two attached hydrogens (primary N) is 1. The van der Waals surface area contributed by atoms with Crippen molar-refractivity contribution in [1.29, 1.82) is 0 Å². The Kier molecular flexibility index (Phi) is 2.78. The molecule has 1 aliphatic heterocycles. The van der Waals surface area contributed by atoms with Crippen LogP contribution in [0.3, 0.4) is 0 Å². The van der Waals surface area contributed by atoms with Crippen molar-refractivity contribution >= 4 is 22.3 Å². The molecule has 2 N–H and O–H groups in total. The molecule has 1 aliphatic rings. The lowest BCUT2D eigenvalue weighted by atomic mass is 10.1. The quantitative estimate of drug-likeness (QED) is 0.729. The number of aromatic nitrogens is 1. The first-order valence-corrected chi connectivity index (χ1v) is 7.28. The van der Waals surface area contributed by atoms with Gasteiger partial charge in [0.05, 0.1) is 29.1 Å². The van der Waals surface area contributed by atoms with E-state index >= 15 is 0 Å². The molecule has 0 fully saturated rings. The van der Waals surface area contributed by atoms with E-state index in [0.29, 0.717) is 0 Å². The van der Waals surface area contributed by atoms with Crippen LogP contribution in [0.25, 0.3) is 10.9 Å². The monoisotopic (exact) mass is 275 g/mol. The minimum absolute atomic E-state index is 0.812. The van der Waals surface area contributed by atoms with Crippen LogP contribution in [0.1, 0.15) is 11.3 Å². The maximum atomic E-state index is 6.14. The number of para-hydroxylation sites is 2. The molecule has 3 heteroatoms. The SMILES string of the molecule is Nc1cccc2c1N(Cc1ccc3ccccc3n1)CC2. The third-order valence-corrected chi connectivity index (χ3v) is 4.13. The predicted octanol–water partition coefficient (Wildman–Crippen LogP) is 3.38. The molecular formula is C18H17N3. The van der Waals surface area contributed by atoms with Crippen molar-refractivity contribution < 1.29 is 0 Å². The second-order valence-corrected chi connectivity index (χ2v) is 5.52. The lowest BCUT2D eigenvalue weighted by Crippen LogP contribution is -2.21. The number of hydrogen-bond acceptors (Lipinski definition) is 3. The maximum Gasteiger partial charge on any atom is 0.0706 e. The van der Waals surface area contributed by atoms with Gasteiger partial charge in [-0.15, -0.1) is 0 Å². The van der Waals surface area contributed by atoms with Gasteiger partial charge in [0.15, 0.2) is 0 Å². The van der Waals surface area contributed by atoms with Gasteiger partial charge in [0.1, 0.15) is 0 Å². The minimum Gasteiger partial charge on any atom is -0.397 e. The van der Waals surface area contributed by atoms with Crippen LogP contribution >= 0.6 is 0 Å². The summed E-state index contributed by atoms with van der Waals surface area (Å²) in [6.07, 6.45) is 1.06. The Hall–Kier alpha value is -2.55. The molecule has 1 aromatic heterocycles. The van der Waals surface area contributed by atoms with Crippen molar-refractivity contribution in [3.63, 3.8) is 0 Å². The summed E-state index contributed by atoms with van der Waals surface area (Å²) in [5.74, 6) is 0. The number of nitrogen functional groups attached to an aromatic ring is 1. The van der Waals surface area contributed by atoms with E-state index < -0.39 is 0 Å². The Morgan fingerprint density at radius 1 is 1.00 bits per heavy atom. The third-order valence-electron chi connectivity index (χ3n) is 4.13. The maximum absolute atomic E-state index is 6.14. The van der Waals surface area contributed by atoms with E-state index in [1.54, 1.807) is 0 Å². The van der Waals surface area contributed by atoms with Crippen LogP contribution in [-0.2, 0) is 13.0 Å². The van der Waals surface area contributed by atoms with Crippen molar-refractivity contribution in [3.05, 3.63) is 65.9 Å². The van der Waals surface area contributed by atoms with E-state index in [1.807, 2.05) is 24.3 Å². The predicted molar refractivity (Wildman–Crippen MR) is 87.4 cm³/mol. The molecule has 2 heterocycles. The largest absolute Gasteiger partial charge is 0.397 e. The number of fused-ring (bicyclic) bond motifs is 2. The third kappa shape index (κ3) is 2.11. The van der Waals surface area contributed by atoms with E-state index in [0.717, 1.165) is 36.4 Å². The number of pyridine rings is 1. The highest BCUT2D eigenvalue weighted by molar-refractivity contribution is 5.78. The van der Waals surface area contributed by atoms with Crippen molar-refractivity contribution in [3.8, 4) is 0 Å². The zero-order valence-electron chi connectivity index (χ0n) is 11.8. The molecule has 0 unspecified atom stereocenters. The summed E-state index contributed by atoms with van der Waals surface area (Å²) in [5, 5.41) is 1.18. The summed E-state index contributed by atoms with van der Waals surface area (Å²) in [6, 6.07) is 18.7. The highest BCUT2D eigenvalue weighted by Crippen LogP contribution is 2.34. The fourth-order valence-corrected chi connectivity index (χ4v) is 3.12. The highest BCUT2D eigenvalue weighted by atomic mass is 15.2. The second kappa shape index (κ2) is 4.77. The van der Waals surface area contributed by atoms with Gasteiger partial charge in [-0.1, -0.05) is 36.4 Å². The standard InChI is InChI=1S/C18H17N3/c19-16-6-3-5-14-10-11-21(18(14)16)12-15-9-8-13-4-1-2-7-17(13)20-15/h1-9H,10-12,19H2. The van der Waals surface area contributed by atoms with Crippen LogP contribution in [0.5, 0.6) is 0 Å². The molecule has 0 radical (unpaired) electrons. The van der Waals surface area contributed by atoms with Gasteiger partial charge in [-0.25, -0.2) is 0 Å². The second-order valence-electron chi connectivity index (χ2n) is 5.52. The Balaban J connectivity index is 1.67. The average Bonchev–Trinajstić information content (AvgIpc) is 2.92. The summed E-state index contributed by atoms with van der Waals surface area (Å²) in [6.45, 7) is 1.82. The first-order valence-electron chi connectivity index (χ1n) is 7.28. The Bertz CT molecular complexity index is 810. The van der Waals surface area contributed by atoms with Crippen LogP contribution in [-0.4, -0.2) is 11.5 Å². The molecule has 0 saturated heterocycles. The molecular weight excluding hydrogens is 258 g/mol. The zero-order chi connectivity index (χ0) is 14.2. The fourth-order valence-electron chi connectivity index (χ4n) is 3.12. The first kappa shape index (κ1) is 12.2. The first-order chi connectivity index (χ1) is 10.3. The summed E-state index contributed by atoms with van der Waals surface area (Å²) in [4.78, 5) is 7.09. The van der Waals surface area contributed by atoms with Crippen molar-refractivity contribution in [2.24, 2.45) is 0 Å². The molecule has 0 saturated carbocycles. The fraction of sp³-hybridized carbons (Fsp3) is 0.167. The molecule has 0 amide bonds. The van der Waals surface area contributed by atoms with Crippen LogP contribution in [0, 0.1) is 0 Å². The zero-order valence-corrected chi connectivity index (χ0v) is 11.8. The van der Waals surface area contributed by atoms with Gasteiger partial charge in [0.2, 0.25) is 0 Å². The molecule has 4 rings (SSSR count). The highest BCUT2D eigenvalue weighted by Gasteiger charge is 2.21. The molecule has 2 aromatic carbocycles.